The van der Waals surface area contributed by atoms with Crippen LogP contribution in [0, 0.1) is 18.3 Å². The molecule has 0 unspecified atom stereocenters. The summed E-state index contributed by atoms with van der Waals surface area (Å²) in [7, 11) is 0. The van der Waals surface area contributed by atoms with Gasteiger partial charge in [-0.1, -0.05) is 82.3 Å². The average Bonchev–Trinajstić information content (AvgIpc) is 3.65. The van der Waals surface area contributed by atoms with E-state index >= 15 is 0 Å². The molecule has 4 atom stereocenters. The second-order valence-electron chi connectivity index (χ2n) is 15.6. The molecule has 1 saturated heterocycles. The number of hydrogen-bond acceptors (Lipinski definition) is 7. The van der Waals surface area contributed by atoms with E-state index in [-0.39, 0.29) is 31.3 Å². The number of nitrogens with zero attached hydrogens (tertiary/aromatic N) is 2. The molecule has 0 radical (unpaired) electrons. The number of rotatable bonds is 12. The van der Waals surface area contributed by atoms with Gasteiger partial charge in [0.2, 0.25) is 23.5 Å². The van der Waals surface area contributed by atoms with Crippen LogP contribution in [0.15, 0.2) is 23.4 Å². The topological polar surface area (TPSA) is 146 Å². The Morgan fingerprint density at radius 1 is 1.06 bits per heavy atom. The molecule has 2 saturated carbocycles. The molecule has 2 aliphatic carbocycles. The van der Waals surface area contributed by atoms with E-state index in [2.05, 4.69) is 21.1 Å². The predicted octanol–water partition coefficient (Wildman–Crippen LogP) is 4.75. The minimum atomic E-state index is -1.04. The molecule has 11 nitrogen and oxygen atoms in total. The molecule has 4 aliphatic rings. The number of carbonyl (C=O) groups excluding carboxylic acids is 5. The van der Waals surface area contributed by atoms with Crippen molar-refractivity contribution in [3.63, 3.8) is 0 Å². The van der Waals surface area contributed by atoms with E-state index in [1.165, 1.54) is 11.3 Å². The summed E-state index contributed by atoms with van der Waals surface area (Å²) < 4.78 is 0. The Kier molecular flexibility index (Phi) is 11.4. The molecule has 3 N–H and O–H groups in total. The SMILES string of the molecule is CCC[C@H](NC(=O)[C@@H]1C[C@]2(CC(c3cccc(Cl)c3C)=NO2)CN1C(=O)[C@@H](NC(=O)CC1CCCCC1)C(C)(C)C)C(=O)C(=O)NC1CC1. The maximum Gasteiger partial charge on any atom is 0.289 e. The van der Waals surface area contributed by atoms with Crippen molar-refractivity contribution in [3.05, 3.63) is 34.3 Å². The van der Waals surface area contributed by atoms with Crippen molar-refractivity contribution in [2.45, 2.75) is 141 Å². The minimum absolute atomic E-state index is 0.00303. The van der Waals surface area contributed by atoms with E-state index in [0.717, 1.165) is 49.7 Å². The van der Waals surface area contributed by atoms with E-state index in [9.17, 15) is 24.0 Å². The van der Waals surface area contributed by atoms with Crippen molar-refractivity contribution in [3.8, 4) is 0 Å². The van der Waals surface area contributed by atoms with Gasteiger partial charge in [-0.25, -0.2) is 0 Å². The van der Waals surface area contributed by atoms with Gasteiger partial charge in [0.05, 0.1) is 18.3 Å². The van der Waals surface area contributed by atoms with Gasteiger partial charge in [-0.05, 0) is 62.0 Å². The van der Waals surface area contributed by atoms with Gasteiger partial charge >= 0.3 is 0 Å². The molecule has 0 bridgehead atoms. The number of carbonyl (C=O) groups is 5. The zero-order valence-electron chi connectivity index (χ0n) is 29.5. The summed E-state index contributed by atoms with van der Waals surface area (Å²) in [6.45, 7) is 9.50. The first-order valence-electron chi connectivity index (χ1n) is 18.0. The summed E-state index contributed by atoms with van der Waals surface area (Å²) >= 11 is 6.41. The highest BCUT2D eigenvalue weighted by atomic mass is 35.5. The Morgan fingerprint density at radius 3 is 2.43 bits per heavy atom. The van der Waals surface area contributed by atoms with Crippen LogP contribution in [-0.4, -0.2) is 76.3 Å². The van der Waals surface area contributed by atoms with Crippen LogP contribution in [-0.2, 0) is 28.8 Å². The molecular formula is C37H52ClN5O6. The fourth-order valence-electron chi connectivity index (χ4n) is 7.35. The van der Waals surface area contributed by atoms with Gasteiger partial charge in [-0.15, -0.1) is 0 Å². The molecule has 0 aromatic heterocycles. The third-order valence-electron chi connectivity index (χ3n) is 10.4. The minimum Gasteiger partial charge on any atom is -0.387 e. The summed E-state index contributed by atoms with van der Waals surface area (Å²) in [5.41, 5.74) is 0.658. The largest absolute Gasteiger partial charge is 0.387 e. The highest BCUT2D eigenvalue weighted by Crippen LogP contribution is 2.41. The lowest BCUT2D eigenvalue weighted by Gasteiger charge is -2.36. The number of amides is 4. The van der Waals surface area contributed by atoms with Gasteiger partial charge in [0.1, 0.15) is 12.1 Å². The standard InChI is InChI=1S/C37H52ClN5O6/c1-6-11-27(31(45)34(47)39-24-16-17-24)40-33(46)29-20-37(19-28(42-49-37)25-14-10-15-26(38)22(25)2)21-43(29)35(48)32(36(3,4)5)41-30(44)18-23-12-8-7-9-13-23/h10,14-15,23-24,27,29,32H,6-9,11-13,16-21H2,1-5H3,(H,39,47)(H,40,46)(H,41,44)/t27-,29-,32+,37+/m0/s1. The van der Waals surface area contributed by atoms with Crippen molar-refractivity contribution >= 4 is 46.7 Å². The molecule has 4 amide bonds. The van der Waals surface area contributed by atoms with Crippen LogP contribution in [0.25, 0.3) is 0 Å². The monoisotopic (exact) mass is 697 g/mol. The van der Waals surface area contributed by atoms with E-state index < -0.39 is 52.6 Å². The molecule has 1 aromatic carbocycles. The van der Waals surface area contributed by atoms with E-state index in [1.807, 2.05) is 46.8 Å². The summed E-state index contributed by atoms with van der Waals surface area (Å²) in [5, 5.41) is 13.6. The smallest absolute Gasteiger partial charge is 0.289 e. The van der Waals surface area contributed by atoms with Crippen LogP contribution >= 0.6 is 11.6 Å². The second kappa shape index (κ2) is 15.2. The third-order valence-corrected chi connectivity index (χ3v) is 10.8. The number of ketones is 1. The van der Waals surface area contributed by atoms with Gasteiger partial charge in [-0.3, -0.25) is 24.0 Å². The molecular weight excluding hydrogens is 646 g/mol. The van der Waals surface area contributed by atoms with Crippen molar-refractivity contribution in [1.82, 2.24) is 20.9 Å². The van der Waals surface area contributed by atoms with Crippen molar-refractivity contribution in [2.75, 3.05) is 6.54 Å². The van der Waals surface area contributed by atoms with Crippen molar-refractivity contribution < 1.29 is 28.8 Å². The first-order chi connectivity index (χ1) is 23.2. The van der Waals surface area contributed by atoms with E-state index in [0.29, 0.717) is 35.9 Å². The average molecular weight is 698 g/mol. The molecule has 2 heterocycles. The normalized spacial score (nSPS) is 23.8. The molecule has 1 spiro atoms. The van der Waals surface area contributed by atoms with Gasteiger partial charge in [-0.2, -0.15) is 0 Å². The van der Waals surface area contributed by atoms with E-state index in [4.69, 9.17) is 16.4 Å². The number of likely N-dealkylation sites (tertiary alicyclic amines) is 1. The maximum absolute atomic E-state index is 14.6. The maximum atomic E-state index is 14.6. The van der Waals surface area contributed by atoms with Gasteiger partial charge in [0.15, 0.2) is 5.60 Å². The van der Waals surface area contributed by atoms with Crippen LogP contribution in [0.4, 0.5) is 0 Å². The van der Waals surface area contributed by atoms with E-state index in [1.54, 1.807) is 6.07 Å². The van der Waals surface area contributed by atoms with Crippen molar-refractivity contribution in [1.29, 1.82) is 0 Å². The number of oxime groups is 1. The zero-order valence-corrected chi connectivity index (χ0v) is 30.3. The highest BCUT2D eigenvalue weighted by Gasteiger charge is 2.56. The lowest BCUT2D eigenvalue weighted by atomic mass is 9.84. The summed E-state index contributed by atoms with van der Waals surface area (Å²) in [5.74, 6) is -2.24. The molecule has 12 heteroatoms. The lowest BCUT2D eigenvalue weighted by molar-refractivity contribution is -0.145. The molecule has 5 rings (SSSR count). The molecule has 3 fully saturated rings. The number of halogens is 1. The summed E-state index contributed by atoms with van der Waals surface area (Å²) in [6, 6.07) is 2.57. The van der Waals surface area contributed by atoms with Crippen LogP contribution in [0.3, 0.4) is 0 Å². The van der Waals surface area contributed by atoms with Crippen molar-refractivity contribution in [2.24, 2.45) is 16.5 Å². The fraction of sp³-hybridized carbons (Fsp3) is 0.676. The van der Waals surface area contributed by atoms with Gasteiger partial charge < -0.3 is 25.7 Å². The molecule has 1 aromatic rings. The number of benzene rings is 1. The number of nitrogens with one attached hydrogen (secondary N) is 3. The zero-order chi connectivity index (χ0) is 35.5. The van der Waals surface area contributed by atoms with Crippen LogP contribution < -0.4 is 16.0 Å². The third kappa shape index (κ3) is 8.83. The van der Waals surface area contributed by atoms with Crippen LogP contribution in [0.5, 0.6) is 0 Å². The summed E-state index contributed by atoms with van der Waals surface area (Å²) in [6.07, 6.45) is 8.69. The predicted molar refractivity (Wildman–Crippen MR) is 187 cm³/mol. The first kappa shape index (κ1) is 36.8. The number of hydrogen-bond donors (Lipinski definition) is 3. The highest BCUT2D eigenvalue weighted by molar-refractivity contribution is 6.38. The molecule has 49 heavy (non-hydrogen) atoms. The van der Waals surface area contributed by atoms with Crippen LogP contribution in [0.1, 0.15) is 116 Å². The fourth-order valence-corrected chi connectivity index (χ4v) is 7.52. The Hall–Kier alpha value is -3.47. The number of Topliss-reactive ketones (excluding diaryl/α,β-unsaturated/α-hetero) is 1. The molecule has 2 aliphatic heterocycles. The van der Waals surface area contributed by atoms with Gasteiger partial charge in [0, 0.05) is 35.9 Å². The van der Waals surface area contributed by atoms with Crippen LogP contribution in [0.2, 0.25) is 5.02 Å². The summed E-state index contributed by atoms with van der Waals surface area (Å²) in [4.78, 5) is 75.6. The Balaban J connectivity index is 1.39. The first-order valence-corrected chi connectivity index (χ1v) is 18.3. The Labute approximate surface area is 294 Å². The Morgan fingerprint density at radius 2 is 1.78 bits per heavy atom. The van der Waals surface area contributed by atoms with Gasteiger partial charge in [0.25, 0.3) is 5.91 Å². The lowest BCUT2D eigenvalue weighted by Crippen LogP contribution is -2.59. The Bertz CT molecular complexity index is 1480. The quantitative estimate of drug-likeness (QED) is 0.269. The second-order valence-corrected chi connectivity index (χ2v) is 16.0. The molecule has 268 valence electrons.